The summed E-state index contributed by atoms with van der Waals surface area (Å²) in [5.74, 6) is 1.24. The van der Waals surface area contributed by atoms with Crippen LogP contribution in [0.1, 0.15) is 43.2 Å². The van der Waals surface area contributed by atoms with E-state index >= 15 is 0 Å². The Morgan fingerprint density at radius 3 is 2.74 bits per heavy atom. The Bertz CT molecular complexity index is 813. The number of quaternary nitrogens is 1. The standard InChI is InChI=1S/C20H27NO.CH4O3S/c1-3-11-21(2)12-10-20-9-5-4-6-17(20)19(21)13-15-7-8-16(22)14-18(15)20;1-5(2,3)4/h3,7-8,14,17,19H,1,4-6,9-13H2,2H3;1H3,(H,2,3,4)/t17?,19-,20-,21?;/m1./s1. The molecule has 2 aliphatic carbocycles. The average Bonchev–Trinajstić information content (AvgIpc) is 2.58. The van der Waals surface area contributed by atoms with Crippen molar-refractivity contribution in [1.82, 2.24) is 0 Å². The first-order valence-corrected chi connectivity index (χ1v) is 11.6. The minimum atomic E-state index is -3.92. The van der Waals surface area contributed by atoms with Crippen LogP contribution >= 0.6 is 0 Å². The molecule has 2 fully saturated rings. The molecule has 1 aromatic carbocycles. The van der Waals surface area contributed by atoms with Gasteiger partial charge in [0.2, 0.25) is 0 Å². The molecule has 1 heterocycles. The van der Waals surface area contributed by atoms with E-state index in [2.05, 4.69) is 31.8 Å². The molecule has 0 radical (unpaired) electrons. The Hall–Kier alpha value is -1.37. The Balaban J connectivity index is 0.000000376. The van der Waals surface area contributed by atoms with Gasteiger partial charge in [-0.05, 0) is 42.2 Å². The SMILES string of the molecule is C=CC[N+]1(C)CC[C@]23CCCCC2[C@H]1Cc1ccc(O)cc13.CS(=O)(=O)[O-]. The van der Waals surface area contributed by atoms with Gasteiger partial charge in [0, 0.05) is 30.4 Å². The fourth-order valence-electron chi connectivity index (χ4n) is 5.98. The van der Waals surface area contributed by atoms with Crippen molar-refractivity contribution in [3.63, 3.8) is 0 Å². The predicted octanol–water partition coefficient (Wildman–Crippen LogP) is 2.94. The van der Waals surface area contributed by atoms with Crippen LogP contribution < -0.4 is 0 Å². The van der Waals surface area contributed by atoms with Crippen molar-refractivity contribution >= 4 is 10.1 Å². The molecule has 6 heteroatoms. The summed E-state index contributed by atoms with van der Waals surface area (Å²) in [6.45, 7) is 6.36. The van der Waals surface area contributed by atoms with Crippen molar-refractivity contribution < 1.29 is 22.6 Å². The van der Waals surface area contributed by atoms with Gasteiger partial charge in [-0.1, -0.05) is 25.5 Å². The summed E-state index contributed by atoms with van der Waals surface area (Å²) in [7, 11) is -1.48. The van der Waals surface area contributed by atoms with E-state index in [0.29, 0.717) is 17.4 Å². The Labute approximate surface area is 163 Å². The molecule has 4 rings (SSSR count). The summed E-state index contributed by atoms with van der Waals surface area (Å²) < 4.78 is 28.4. The van der Waals surface area contributed by atoms with Crippen LogP contribution in [0.15, 0.2) is 30.9 Å². The van der Waals surface area contributed by atoms with Crippen molar-refractivity contribution in [1.29, 1.82) is 0 Å². The van der Waals surface area contributed by atoms with Crippen molar-refractivity contribution in [2.24, 2.45) is 5.92 Å². The molecular weight excluding hydrogens is 362 g/mol. The van der Waals surface area contributed by atoms with Crippen molar-refractivity contribution in [2.75, 3.05) is 26.4 Å². The van der Waals surface area contributed by atoms with Crippen molar-refractivity contribution in [3.8, 4) is 5.75 Å². The first kappa shape index (κ1) is 20.4. The van der Waals surface area contributed by atoms with Crippen LogP contribution in [0, 0.1) is 5.92 Å². The second kappa shape index (κ2) is 7.22. The van der Waals surface area contributed by atoms with E-state index in [9.17, 15) is 5.11 Å². The number of hydrogen-bond donors (Lipinski definition) is 1. The van der Waals surface area contributed by atoms with Gasteiger partial charge in [0.25, 0.3) is 0 Å². The van der Waals surface area contributed by atoms with Gasteiger partial charge >= 0.3 is 0 Å². The number of rotatable bonds is 2. The Kier molecular flexibility index (Phi) is 5.45. The highest BCUT2D eigenvalue weighted by Crippen LogP contribution is 2.57. The number of phenols is 1. The van der Waals surface area contributed by atoms with E-state index < -0.39 is 10.1 Å². The first-order chi connectivity index (χ1) is 12.6. The fraction of sp³-hybridized carbons (Fsp3) is 0.619. The minimum Gasteiger partial charge on any atom is -0.748 e. The summed E-state index contributed by atoms with van der Waals surface area (Å²) in [6, 6.07) is 6.89. The van der Waals surface area contributed by atoms with E-state index in [1.165, 1.54) is 56.2 Å². The van der Waals surface area contributed by atoms with E-state index in [0.717, 1.165) is 23.0 Å². The predicted molar refractivity (Wildman–Crippen MR) is 106 cm³/mol. The lowest BCUT2D eigenvalue weighted by molar-refractivity contribution is -0.940. The van der Waals surface area contributed by atoms with Gasteiger partial charge in [0.15, 0.2) is 0 Å². The highest BCUT2D eigenvalue weighted by Gasteiger charge is 2.58. The van der Waals surface area contributed by atoms with E-state index in [-0.39, 0.29) is 0 Å². The van der Waals surface area contributed by atoms with Crippen LogP contribution in [0.2, 0.25) is 0 Å². The second-order valence-electron chi connectivity index (χ2n) is 8.75. The lowest BCUT2D eigenvalue weighted by Gasteiger charge is -2.61. The molecule has 150 valence electrons. The van der Waals surface area contributed by atoms with Crippen LogP contribution in [-0.4, -0.2) is 55.0 Å². The number of likely N-dealkylation sites (tertiary alicyclic amines) is 1. The summed E-state index contributed by atoms with van der Waals surface area (Å²) >= 11 is 0. The van der Waals surface area contributed by atoms with Crippen molar-refractivity contribution in [3.05, 3.63) is 42.0 Å². The Morgan fingerprint density at radius 1 is 1.37 bits per heavy atom. The fourth-order valence-corrected chi connectivity index (χ4v) is 5.98. The molecule has 1 saturated heterocycles. The van der Waals surface area contributed by atoms with Gasteiger partial charge in [-0.2, -0.15) is 0 Å². The molecule has 2 bridgehead atoms. The molecule has 5 nitrogen and oxygen atoms in total. The molecule has 4 atom stereocenters. The number of benzene rings is 1. The zero-order chi connectivity index (χ0) is 19.9. The van der Waals surface area contributed by atoms with Gasteiger partial charge in [0.1, 0.15) is 5.75 Å². The number of phenolic OH excluding ortho intramolecular Hbond substituents is 1. The van der Waals surface area contributed by atoms with Gasteiger partial charge in [-0.15, -0.1) is 0 Å². The maximum Gasteiger partial charge on any atom is 0.115 e. The molecule has 2 unspecified atom stereocenters. The van der Waals surface area contributed by atoms with Gasteiger partial charge in [0.05, 0.1) is 36.3 Å². The lowest BCUT2D eigenvalue weighted by Crippen LogP contribution is -2.68. The summed E-state index contributed by atoms with van der Waals surface area (Å²) in [6.07, 6.45) is 10.6. The smallest absolute Gasteiger partial charge is 0.115 e. The number of likely N-dealkylation sites (N-methyl/N-ethyl adjacent to an activating group) is 1. The zero-order valence-electron chi connectivity index (χ0n) is 16.4. The highest BCUT2D eigenvalue weighted by atomic mass is 32.2. The first-order valence-electron chi connectivity index (χ1n) is 9.77. The van der Waals surface area contributed by atoms with Crippen LogP contribution in [0.3, 0.4) is 0 Å². The van der Waals surface area contributed by atoms with Crippen molar-refractivity contribution in [2.45, 2.75) is 50.0 Å². The number of fused-ring (bicyclic) bond motifs is 1. The average molecular weight is 394 g/mol. The van der Waals surface area contributed by atoms with Gasteiger partial charge in [-0.3, -0.25) is 0 Å². The summed E-state index contributed by atoms with van der Waals surface area (Å²) in [5, 5.41) is 10.0. The maximum atomic E-state index is 10.0. The zero-order valence-corrected chi connectivity index (χ0v) is 17.2. The molecule has 27 heavy (non-hydrogen) atoms. The van der Waals surface area contributed by atoms with E-state index in [1.807, 2.05) is 6.07 Å². The van der Waals surface area contributed by atoms with Gasteiger partial charge in [-0.25, -0.2) is 8.42 Å². The molecule has 1 N–H and O–H groups in total. The molecule has 1 aliphatic heterocycles. The lowest BCUT2D eigenvalue weighted by atomic mass is 9.52. The van der Waals surface area contributed by atoms with Crippen LogP contribution in [-0.2, 0) is 22.0 Å². The van der Waals surface area contributed by atoms with E-state index in [4.69, 9.17) is 13.0 Å². The van der Waals surface area contributed by atoms with Gasteiger partial charge < -0.3 is 14.1 Å². The number of piperidine rings is 1. The van der Waals surface area contributed by atoms with Crippen LogP contribution in [0.4, 0.5) is 0 Å². The quantitative estimate of drug-likeness (QED) is 0.476. The van der Waals surface area contributed by atoms with E-state index in [1.54, 1.807) is 0 Å². The maximum absolute atomic E-state index is 10.0. The largest absolute Gasteiger partial charge is 0.748 e. The highest BCUT2D eigenvalue weighted by molar-refractivity contribution is 7.84. The molecular formula is C21H31NO4S. The molecule has 0 spiro atoms. The Morgan fingerprint density at radius 2 is 2.07 bits per heavy atom. The number of hydrogen-bond acceptors (Lipinski definition) is 4. The number of nitrogens with zero attached hydrogens (tertiary/aromatic N) is 1. The minimum absolute atomic E-state index is 0.341. The molecule has 0 amide bonds. The second-order valence-corrected chi connectivity index (χ2v) is 10.2. The monoisotopic (exact) mass is 393 g/mol. The molecule has 1 saturated carbocycles. The number of aromatic hydroxyl groups is 1. The van der Waals surface area contributed by atoms with Crippen LogP contribution in [0.25, 0.3) is 0 Å². The third-order valence-corrected chi connectivity index (χ3v) is 7.04. The molecule has 1 aromatic rings. The normalized spacial score (nSPS) is 34.5. The third kappa shape index (κ3) is 3.93. The summed E-state index contributed by atoms with van der Waals surface area (Å²) in [4.78, 5) is 0. The third-order valence-electron chi connectivity index (χ3n) is 7.04. The topological polar surface area (TPSA) is 77.4 Å². The molecule has 0 aromatic heterocycles. The molecule has 3 aliphatic rings. The summed E-state index contributed by atoms with van der Waals surface area (Å²) in [5.41, 5.74) is 3.32. The van der Waals surface area contributed by atoms with Crippen LogP contribution in [0.5, 0.6) is 5.75 Å².